The van der Waals surface area contributed by atoms with Gasteiger partial charge in [0.05, 0.1) is 31.1 Å². The van der Waals surface area contributed by atoms with Crippen LogP contribution >= 0.6 is 0 Å². The molecule has 29 heavy (non-hydrogen) atoms. The summed E-state index contributed by atoms with van der Waals surface area (Å²) in [5, 5.41) is 10.4. The van der Waals surface area contributed by atoms with Crippen LogP contribution in [0, 0.1) is 12.8 Å². The van der Waals surface area contributed by atoms with Crippen molar-refractivity contribution in [2.45, 2.75) is 38.9 Å². The first-order chi connectivity index (χ1) is 14.0. The van der Waals surface area contributed by atoms with Crippen LogP contribution in [-0.2, 0) is 20.9 Å². The Kier molecular flexibility index (Phi) is 5.04. The molecule has 0 aliphatic carbocycles. The number of amides is 3. The quantitative estimate of drug-likeness (QED) is 0.818. The van der Waals surface area contributed by atoms with E-state index in [0.29, 0.717) is 24.4 Å². The van der Waals surface area contributed by atoms with Gasteiger partial charge in [0.1, 0.15) is 11.4 Å². The first kappa shape index (κ1) is 19.1. The Morgan fingerprint density at radius 1 is 1.24 bits per heavy atom. The zero-order valence-corrected chi connectivity index (χ0v) is 16.4. The zero-order chi connectivity index (χ0) is 20.5. The largest absolute Gasteiger partial charge is 0.350 e. The number of hydrogen-bond donors (Lipinski definition) is 1. The molecule has 2 saturated heterocycles. The van der Waals surface area contributed by atoms with E-state index in [2.05, 4.69) is 20.3 Å². The summed E-state index contributed by atoms with van der Waals surface area (Å²) in [7, 11) is 0. The highest BCUT2D eigenvalue weighted by atomic mass is 16.6. The average Bonchev–Trinajstić information content (AvgIpc) is 3.30. The number of nitrogens with one attached hydrogen (secondary N) is 1. The zero-order valence-electron chi connectivity index (χ0n) is 16.4. The van der Waals surface area contributed by atoms with E-state index in [1.54, 1.807) is 16.7 Å². The van der Waals surface area contributed by atoms with Crippen LogP contribution in [0.2, 0.25) is 0 Å². The number of rotatable bonds is 4. The second-order valence-corrected chi connectivity index (χ2v) is 7.57. The third kappa shape index (κ3) is 3.59. The molecule has 9 heteroatoms. The van der Waals surface area contributed by atoms with Gasteiger partial charge in [0.2, 0.25) is 17.7 Å². The molecule has 0 spiro atoms. The molecular formula is C20H23N5O4. The molecule has 2 aliphatic rings. The van der Waals surface area contributed by atoms with Gasteiger partial charge in [0.15, 0.2) is 0 Å². The maximum absolute atomic E-state index is 13.1. The lowest BCUT2D eigenvalue weighted by Gasteiger charge is -2.39. The minimum atomic E-state index is -0.418. The molecule has 0 unspecified atom stereocenters. The van der Waals surface area contributed by atoms with Crippen LogP contribution in [0.1, 0.15) is 36.3 Å². The van der Waals surface area contributed by atoms with Crippen molar-refractivity contribution in [2.75, 3.05) is 13.1 Å². The van der Waals surface area contributed by atoms with Gasteiger partial charge in [-0.25, -0.2) is 4.63 Å². The van der Waals surface area contributed by atoms with Gasteiger partial charge in [-0.1, -0.05) is 40.6 Å². The second-order valence-electron chi connectivity index (χ2n) is 7.57. The third-order valence-electron chi connectivity index (χ3n) is 5.75. The molecule has 9 nitrogen and oxygen atoms in total. The maximum atomic E-state index is 13.1. The van der Waals surface area contributed by atoms with Crippen molar-refractivity contribution < 1.29 is 19.0 Å². The van der Waals surface area contributed by atoms with E-state index < -0.39 is 5.92 Å². The van der Waals surface area contributed by atoms with Gasteiger partial charge in [-0.2, -0.15) is 0 Å². The lowest BCUT2D eigenvalue weighted by atomic mass is 9.92. The fraction of sp³-hybridized carbons (Fsp3) is 0.450. The van der Waals surface area contributed by atoms with Gasteiger partial charge in [-0.15, -0.1) is 0 Å². The van der Waals surface area contributed by atoms with Gasteiger partial charge < -0.3 is 15.1 Å². The van der Waals surface area contributed by atoms with E-state index in [-0.39, 0.29) is 42.9 Å². The van der Waals surface area contributed by atoms with Crippen molar-refractivity contribution in [3.8, 4) is 0 Å². The van der Waals surface area contributed by atoms with E-state index in [9.17, 15) is 14.4 Å². The summed E-state index contributed by atoms with van der Waals surface area (Å²) in [6.07, 6.45) is 0.497. The summed E-state index contributed by atoms with van der Waals surface area (Å²) in [5.41, 5.74) is 2.12. The first-order valence-corrected chi connectivity index (χ1v) is 9.63. The number of carbonyl (C=O) groups is 3. The molecule has 1 aromatic heterocycles. The maximum Gasteiger partial charge on any atom is 0.243 e. The fourth-order valence-electron chi connectivity index (χ4n) is 4.29. The van der Waals surface area contributed by atoms with Crippen LogP contribution in [0.5, 0.6) is 0 Å². The molecule has 4 rings (SSSR count). The van der Waals surface area contributed by atoms with Crippen LogP contribution < -0.4 is 5.32 Å². The smallest absolute Gasteiger partial charge is 0.243 e. The SMILES string of the molecule is CC(=O)N1CC(=O)N2[C@@H](C[C@H](C(=O)NCc3nonc3C)[C@@H]2c2ccccc2)C1. The van der Waals surface area contributed by atoms with Gasteiger partial charge in [0.25, 0.3) is 0 Å². The molecule has 2 aromatic rings. The van der Waals surface area contributed by atoms with E-state index >= 15 is 0 Å². The molecule has 2 aliphatic heterocycles. The third-order valence-corrected chi connectivity index (χ3v) is 5.75. The molecule has 3 amide bonds. The molecule has 152 valence electrons. The minimum Gasteiger partial charge on any atom is -0.350 e. The normalized spacial score (nSPS) is 23.8. The van der Waals surface area contributed by atoms with E-state index in [1.807, 2.05) is 30.3 Å². The van der Waals surface area contributed by atoms with Crippen LogP contribution in [-0.4, -0.2) is 57.0 Å². The lowest BCUT2D eigenvalue weighted by Crippen LogP contribution is -2.55. The van der Waals surface area contributed by atoms with Crippen LogP contribution in [0.4, 0.5) is 0 Å². The summed E-state index contributed by atoms with van der Waals surface area (Å²) < 4.78 is 4.68. The molecule has 1 aromatic carbocycles. The molecule has 3 atom stereocenters. The summed E-state index contributed by atoms with van der Waals surface area (Å²) in [4.78, 5) is 41.2. The van der Waals surface area contributed by atoms with Crippen molar-refractivity contribution >= 4 is 17.7 Å². The first-order valence-electron chi connectivity index (χ1n) is 9.63. The molecule has 0 bridgehead atoms. The Balaban J connectivity index is 1.59. The summed E-state index contributed by atoms with van der Waals surface area (Å²) in [6.45, 7) is 3.93. The summed E-state index contributed by atoms with van der Waals surface area (Å²) in [5.74, 6) is -0.829. The highest BCUT2D eigenvalue weighted by Gasteiger charge is 2.50. The average molecular weight is 397 g/mol. The van der Waals surface area contributed by atoms with Crippen molar-refractivity contribution in [3.05, 3.63) is 47.3 Å². The number of aromatic nitrogens is 2. The Labute approximate surface area is 168 Å². The van der Waals surface area contributed by atoms with Crippen LogP contribution in [0.15, 0.2) is 35.0 Å². The highest BCUT2D eigenvalue weighted by Crippen LogP contribution is 2.43. The topological polar surface area (TPSA) is 109 Å². The fourth-order valence-corrected chi connectivity index (χ4v) is 4.29. The number of hydrogen-bond acceptors (Lipinski definition) is 6. The molecule has 0 radical (unpaired) electrons. The molecule has 3 heterocycles. The number of fused-ring (bicyclic) bond motifs is 1. The molecule has 0 saturated carbocycles. The van der Waals surface area contributed by atoms with Crippen molar-refractivity contribution in [3.63, 3.8) is 0 Å². The summed E-state index contributed by atoms with van der Waals surface area (Å²) in [6, 6.07) is 9.03. The Morgan fingerprint density at radius 2 is 2.00 bits per heavy atom. The number of benzene rings is 1. The van der Waals surface area contributed by atoms with E-state index in [0.717, 1.165) is 5.56 Å². The molecule has 2 fully saturated rings. The number of aryl methyl sites for hydroxylation is 1. The Bertz CT molecular complexity index is 928. The standard InChI is InChI=1S/C20H23N5O4/c1-12-17(23-29-22-12)9-21-20(28)16-8-15-10-24(13(2)26)11-18(27)25(15)19(16)14-6-4-3-5-7-14/h3-7,15-16,19H,8-11H2,1-2H3,(H,21,28)/t15-,16-,19-/m0/s1. The van der Waals surface area contributed by atoms with Gasteiger partial charge >= 0.3 is 0 Å². The van der Waals surface area contributed by atoms with E-state index in [4.69, 9.17) is 0 Å². The predicted octanol–water partition coefficient (Wildman–Crippen LogP) is 0.815. The monoisotopic (exact) mass is 397 g/mol. The number of piperazine rings is 1. The van der Waals surface area contributed by atoms with Crippen molar-refractivity contribution in [1.82, 2.24) is 25.4 Å². The van der Waals surface area contributed by atoms with Crippen LogP contribution in [0.3, 0.4) is 0 Å². The number of nitrogens with zero attached hydrogens (tertiary/aromatic N) is 4. The minimum absolute atomic E-state index is 0.0489. The van der Waals surface area contributed by atoms with Crippen molar-refractivity contribution in [2.24, 2.45) is 5.92 Å². The van der Waals surface area contributed by atoms with Crippen molar-refractivity contribution in [1.29, 1.82) is 0 Å². The second kappa shape index (κ2) is 7.65. The van der Waals surface area contributed by atoms with E-state index in [1.165, 1.54) is 6.92 Å². The lowest BCUT2D eigenvalue weighted by molar-refractivity contribution is -0.148. The van der Waals surface area contributed by atoms with Crippen LogP contribution in [0.25, 0.3) is 0 Å². The Morgan fingerprint density at radius 3 is 2.66 bits per heavy atom. The Hall–Kier alpha value is -3.23. The predicted molar refractivity (Wildman–Crippen MR) is 101 cm³/mol. The highest BCUT2D eigenvalue weighted by molar-refractivity contribution is 5.88. The molecular weight excluding hydrogens is 374 g/mol. The van der Waals surface area contributed by atoms with Gasteiger partial charge in [-0.05, 0) is 18.9 Å². The number of carbonyl (C=O) groups excluding carboxylic acids is 3. The van der Waals surface area contributed by atoms with Gasteiger partial charge in [-0.3, -0.25) is 14.4 Å². The summed E-state index contributed by atoms with van der Waals surface area (Å²) >= 11 is 0. The van der Waals surface area contributed by atoms with Gasteiger partial charge in [0, 0.05) is 13.5 Å². The molecule has 1 N–H and O–H groups in total.